The smallest absolute Gasteiger partial charge is 0.266 e. The summed E-state index contributed by atoms with van der Waals surface area (Å²) in [6.07, 6.45) is 9.49. The molecule has 1 aromatic carbocycles. The van der Waals surface area contributed by atoms with Gasteiger partial charge >= 0.3 is 0 Å². The zero-order chi connectivity index (χ0) is 21.5. The van der Waals surface area contributed by atoms with Crippen LogP contribution in [0.5, 0.6) is 0 Å². The van der Waals surface area contributed by atoms with Crippen LogP contribution in [0.1, 0.15) is 57.9 Å². The van der Waals surface area contributed by atoms with Crippen LogP contribution in [0.3, 0.4) is 0 Å². The maximum atomic E-state index is 12.8. The first-order valence-electron chi connectivity index (χ1n) is 10.8. The number of hydrogen-bond acceptors (Lipinski definition) is 4. The van der Waals surface area contributed by atoms with Gasteiger partial charge in [-0.3, -0.25) is 14.5 Å². The van der Waals surface area contributed by atoms with Crippen molar-refractivity contribution in [2.24, 2.45) is 0 Å². The topological polar surface area (TPSA) is 40.6 Å². The molecule has 0 unspecified atom stereocenters. The van der Waals surface area contributed by atoms with Crippen molar-refractivity contribution in [3.05, 3.63) is 52.4 Å². The Morgan fingerprint density at radius 3 is 2.77 bits per heavy atom. The van der Waals surface area contributed by atoms with Gasteiger partial charge in [-0.2, -0.15) is 0 Å². The van der Waals surface area contributed by atoms with Crippen LogP contribution in [-0.4, -0.2) is 45.1 Å². The number of thioether (sulfide) groups is 1. The average Bonchev–Trinajstić information content (AvgIpc) is 3.01. The first-order valence-corrected chi connectivity index (χ1v) is 12.0. The molecule has 0 aromatic heterocycles. The van der Waals surface area contributed by atoms with Gasteiger partial charge in [0.25, 0.3) is 5.91 Å². The van der Waals surface area contributed by atoms with Crippen molar-refractivity contribution >= 4 is 46.2 Å². The SMILES string of the molecule is CC[C@H]1CCCCN1C(=O)CCCN1C(=O)/C(=C/C(C)=C/c2ccccc2)SC1=S. The highest BCUT2D eigenvalue weighted by Crippen LogP contribution is 2.32. The summed E-state index contributed by atoms with van der Waals surface area (Å²) in [5.41, 5.74) is 2.11. The van der Waals surface area contributed by atoms with Crippen LogP contribution in [0.4, 0.5) is 0 Å². The minimum Gasteiger partial charge on any atom is -0.340 e. The number of carbonyl (C=O) groups excluding carboxylic acids is 2. The van der Waals surface area contributed by atoms with Gasteiger partial charge in [0, 0.05) is 25.6 Å². The van der Waals surface area contributed by atoms with Crippen molar-refractivity contribution in [1.82, 2.24) is 9.80 Å². The second kappa shape index (κ2) is 10.9. The molecule has 3 rings (SSSR count). The third-order valence-corrected chi connectivity index (χ3v) is 7.00. The Morgan fingerprint density at radius 2 is 2.03 bits per heavy atom. The minimum absolute atomic E-state index is 0.0531. The number of rotatable bonds is 7. The van der Waals surface area contributed by atoms with Gasteiger partial charge in [0.05, 0.1) is 4.91 Å². The normalized spacial score (nSPS) is 21.6. The monoisotopic (exact) mass is 442 g/mol. The lowest BCUT2D eigenvalue weighted by atomic mass is 9.99. The summed E-state index contributed by atoms with van der Waals surface area (Å²) in [4.78, 5) is 29.8. The van der Waals surface area contributed by atoms with Gasteiger partial charge in [0.15, 0.2) is 0 Å². The fourth-order valence-corrected chi connectivity index (χ4v) is 5.40. The lowest BCUT2D eigenvalue weighted by Crippen LogP contribution is -2.43. The van der Waals surface area contributed by atoms with Crippen LogP contribution in [0.2, 0.25) is 0 Å². The fourth-order valence-electron chi connectivity index (χ4n) is 4.04. The maximum Gasteiger partial charge on any atom is 0.266 e. The van der Waals surface area contributed by atoms with Gasteiger partial charge < -0.3 is 4.90 Å². The van der Waals surface area contributed by atoms with Crippen molar-refractivity contribution < 1.29 is 9.59 Å². The first-order chi connectivity index (χ1) is 14.5. The fraction of sp³-hybridized carbons (Fsp3) is 0.458. The molecular weight excluding hydrogens is 412 g/mol. The molecule has 1 aromatic rings. The Kier molecular flexibility index (Phi) is 8.28. The summed E-state index contributed by atoms with van der Waals surface area (Å²) >= 11 is 6.78. The number of thiocarbonyl (C=S) groups is 1. The third kappa shape index (κ3) is 5.82. The van der Waals surface area contributed by atoms with Crippen LogP contribution >= 0.6 is 24.0 Å². The second-order valence-corrected chi connectivity index (χ2v) is 9.56. The number of hydrogen-bond donors (Lipinski definition) is 0. The van der Waals surface area contributed by atoms with Crippen LogP contribution < -0.4 is 0 Å². The predicted molar refractivity (Wildman–Crippen MR) is 129 cm³/mol. The van der Waals surface area contributed by atoms with Crippen molar-refractivity contribution in [3.8, 4) is 0 Å². The van der Waals surface area contributed by atoms with E-state index >= 15 is 0 Å². The van der Waals surface area contributed by atoms with Gasteiger partial charge in [-0.15, -0.1) is 0 Å². The molecule has 1 atom stereocenters. The van der Waals surface area contributed by atoms with Crippen molar-refractivity contribution in [2.45, 2.75) is 58.4 Å². The first kappa shape index (κ1) is 22.8. The van der Waals surface area contributed by atoms with E-state index in [9.17, 15) is 9.59 Å². The Balaban J connectivity index is 1.55. The van der Waals surface area contributed by atoms with E-state index < -0.39 is 0 Å². The Bertz CT molecular complexity index is 848. The van der Waals surface area contributed by atoms with E-state index in [4.69, 9.17) is 12.2 Å². The average molecular weight is 443 g/mol. The number of likely N-dealkylation sites (tertiary alicyclic amines) is 1. The van der Waals surface area contributed by atoms with E-state index in [2.05, 4.69) is 6.92 Å². The zero-order valence-electron chi connectivity index (χ0n) is 17.8. The Labute approximate surface area is 189 Å². The minimum atomic E-state index is -0.0531. The third-order valence-electron chi connectivity index (χ3n) is 5.62. The van der Waals surface area contributed by atoms with Gasteiger partial charge in [0.1, 0.15) is 4.32 Å². The summed E-state index contributed by atoms with van der Waals surface area (Å²) in [6.45, 7) is 5.51. The van der Waals surface area contributed by atoms with Gasteiger partial charge in [-0.1, -0.05) is 67.3 Å². The summed E-state index contributed by atoms with van der Waals surface area (Å²) in [5.74, 6) is 0.159. The zero-order valence-corrected chi connectivity index (χ0v) is 19.4. The summed E-state index contributed by atoms with van der Waals surface area (Å²) < 4.78 is 0.579. The Morgan fingerprint density at radius 1 is 1.27 bits per heavy atom. The molecule has 4 nitrogen and oxygen atoms in total. The molecule has 2 heterocycles. The highest BCUT2D eigenvalue weighted by atomic mass is 32.2. The molecule has 0 N–H and O–H groups in total. The molecule has 0 bridgehead atoms. The molecule has 2 saturated heterocycles. The lowest BCUT2D eigenvalue weighted by molar-refractivity contribution is -0.135. The van der Waals surface area contributed by atoms with Crippen LogP contribution in [-0.2, 0) is 9.59 Å². The second-order valence-electron chi connectivity index (χ2n) is 7.88. The molecule has 2 aliphatic rings. The van der Waals surface area contributed by atoms with Crippen LogP contribution in [0.25, 0.3) is 6.08 Å². The molecule has 0 saturated carbocycles. The van der Waals surface area contributed by atoms with E-state index in [1.54, 1.807) is 4.90 Å². The largest absolute Gasteiger partial charge is 0.340 e. The molecule has 0 radical (unpaired) electrons. The molecule has 6 heteroatoms. The molecular formula is C24H30N2O2S2. The predicted octanol–water partition coefficient (Wildman–Crippen LogP) is 5.41. The van der Waals surface area contributed by atoms with Gasteiger partial charge in [-0.25, -0.2) is 0 Å². The van der Waals surface area contributed by atoms with Crippen LogP contribution in [0, 0.1) is 0 Å². The van der Waals surface area contributed by atoms with E-state index in [1.807, 2.05) is 54.3 Å². The highest BCUT2D eigenvalue weighted by Gasteiger charge is 2.32. The van der Waals surface area contributed by atoms with E-state index in [1.165, 1.54) is 18.2 Å². The van der Waals surface area contributed by atoms with Gasteiger partial charge in [0.2, 0.25) is 5.91 Å². The van der Waals surface area contributed by atoms with E-state index in [-0.39, 0.29) is 11.8 Å². The summed E-state index contributed by atoms with van der Waals surface area (Å²) in [7, 11) is 0. The summed E-state index contributed by atoms with van der Waals surface area (Å²) in [6, 6.07) is 10.4. The molecule has 160 valence electrons. The van der Waals surface area contributed by atoms with Crippen molar-refractivity contribution in [1.29, 1.82) is 0 Å². The Hall–Kier alpha value is -1.92. The number of carbonyl (C=O) groups is 2. The molecule has 2 fully saturated rings. The van der Waals surface area contributed by atoms with Crippen molar-refractivity contribution in [3.63, 3.8) is 0 Å². The number of amides is 2. The number of piperidine rings is 1. The molecule has 0 aliphatic carbocycles. The van der Waals surface area contributed by atoms with E-state index in [0.717, 1.165) is 36.9 Å². The highest BCUT2D eigenvalue weighted by molar-refractivity contribution is 8.26. The quantitative estimate of drug-likeness (QED) is 0.418. The number of nitrogens with zero attached hydrogens (tertiary/aromatic N) is 2. The van der Waals surface area contributed by atoms with Crippen molar-refractivity contribution in [2.75, 3.05) is 13.1 Å². The van der Waals surface area contributed by atoms with Gasteiger partial charge in [-0.05, 0) is 56.2 Å². The molecule has 2 aliphatic heterocycles. The molecule has 0 spiro atoms. The number of allylic oxidation sites excluding steroid dienone is 2. The number of benzene rings is 1. The van der Waals surface area contributed by atoms with E-state index in [0.29, 0.717) is 34.7 Å². The molecule has 2 amide bonds. The maximum absolute atomic E-state index is 12.8. The lowest BCUT2D eigenvalue weighted by Gasteiger charge is -2.35. The standard InChI is InChI=1S/C24H30N2O2S2/c1-3-20-12-7-8-14-25(20)22(27)13-9-15-26-23(28)21(30-24(26)29)17-18(2)16-19-10-5-4-6-11-19/h4-6,10-11,16-17,20H,3,7-9,12-15H2,1-2H3/b18-16+,21-17-/t20-/m0/s1. The molecule has 30 heavy (non-hydrogen) atoms. The summed E-state index contributed by atoms with van der Waals surface area (Å²) in [5, 5.41) is 0. The van der Waals surface area contributed by atoms with Crippen LogP contribution in [0.15, 0.2) is 46.9 Å².